The zero-order valence-corrected chi connectivity index (χ0v) is 15.0. The molecule has 2 aliphatic rings. The molecule has 3 heterocycles. The first kappa shape index (κ1) is 17.7. The van der Waals surface area contributed by atoms with Gasteiger partial charge in [0.2, 0.25) is 11.5 Å². The molecule has 0 aliphatic carbocycles. The highest BCUT2D eigenvalue weighted by Gasteiger charge is 2.39. The molecular formula is C19H27N3O3. The minimum Gasteiger partial charge on any atom is -0.339 e. The Morgan fingerprint density at radius 1 is 1.24 bits per heavy atom. The predicted octanol–water partition coefficient (Wildman–Crippen LogP) is 1.87. The van der Waals surface area contributed by atoms with Gasteiger partial charge in [-0.3, -0.25) is 14.4 Å². The third kappa shape index (κ3) is 3.94. The number of carbonyl (C=O) groups is 2. The van der Waals surface area contributed by atoms with Gasteiger partial charge in [-0.05, 0) is 37.2 Å². The lowest BCUT2D eigenvalue weighted by Crippen LogP contribution is -2.42. The Bertz CT molecular complexity index is 697. The number of rotatable bonds is 4. The van der Waals surface area contributed by atoms with Crippen LogP contribution in [0.5, 0.6) is 0 Å². The average Bonchev–Trinajstić information content (AvgIpc) is 3.22. The Kier molecular flexibility index (Phi) is 5.25. The van der Waals surface area contributed by atoms with Crippen LogP contribution in [0.2, 0.25) is 0 Å². The predicted molar refractivity (Wildman–Crippen MR) is 95.3 cm³/mol. The minimum absolute atomic E-state index is 0.127. The van der Waals surface area contributed by atoms with Gasteiger partial charge in [0.1, 0.15) is 5.69 Å². The fourth-order valence-corrected chi connectivity index (χ4v) is 4.09. The number of amides is 2. The molecule has 2 fully saturated rings. The first-order valence-electron chi connectivity index (χ1n) is 9.24. The Morgan fingerprint density at radius 2 is 2.04 bits per heavy atom. The number of nitrogens with zero attached hydrogens (tertiary/aromatic N) is 2. The van der Waals surface area contributed by atoms with E-state index in [1.54, 1.807) is 17.0 Å². The van der Waals surface area contributed by atoms with Crippen LogP contribution in [0.1, 0.15) is 50.0 Å². The zero-order chi connectivity index (χ0) is 18.0. The van der Waals surface area contributed by atoms with Gasteiger partial charge in [-0.15, -0.1) is 0 Å². The molecule has 0 radical (unpaired) electrons. The summed E-state index contributed by atoms with van der Waals surface area (Å²) in [6.45, 7) is 6.32. The number of likely N-dealkylation sites (tertiary alicyclic amines) is 2. The molecule has 2 amide bonds. The summed E-state index contributed by atoms with van der Waals surface area (Å²) in [4.78, 5) is 43.0. The second-order valence-electron chi connectivity index (χ2n) is 7.62. The van der Waals surface area contributed by atoms with Gasteiger partial charge in [-0.25, -0.2) is 0 Å². The SMILES string of the molecule is CC(C)CC(=O)N1CCCC1C1CCN(C(=O)c2cccc(=O)[nH]2)C1. The van der Waals surface area contributed by atoms with Crippen LogP contribution in [0.25, 0.3) is 0 Å². The highest BCUT2D eigenvalue weighted by molar-refractivity contribution is 5.92. The van der Waals surface area contributed by atoms with E-state index in [0.717, 1.165) is 25.8 Å². The molecule has 136 valence electrons. The molecular weight excluding hydrogens is 318 g/mol. The lowest BCUT2D eigenvalue weighted by atomic mass is 9.96. The van der Waals surface area contributed by atoms with E-state index in [1.165, 1.54) is 6.07 Å². The lowest BCUT2D eigenvalue weighted by molar-refractivity contribution is -0.133. The zero-order valence-electron chi connectivity index (χ0n) is 15.0. The van der Waals surface area contributed by atoms with E-state index < -0.39 is 0 Å². The third-order valence-corrected chi connectivity index (χ3v) is 5.26. The molecule has 0 spiro atoms. The average molecular weight is 345 g/mol. The van der Waals surface area contributed by atoms with Crippen molar-refractivity contribution in [2.45, 2.75) is 45.6 Å². The Hall–Kier alpha value is -2.11. The number of aromatic nitrogens is 1. The van der Waals surface area contributed by atoms with Crippen molar-refractivity contribution >= 4 is 11.8 Å². The van der Waals surface area contributed by atoms with Crippen molar-refractivity contribution in [1.82, 2.24) is 14.8 Å². The number of aromatic amines is 1. The lowest BCUT2D eigenvalue weighted by Gasteiger charge is -2.30. The van der Waals surface area contributed by atoms with Crippen molar-refractivity contribution in [1.29, 1.82) is 0 Å². The van der Waals surface area contributed by atoms with Gasteiger partial charge >= 0.3 is 0 Å². The van der Waals surface area contributed by atoms with Crippen molar-refractivity contribution in [3.05, 3.63) is 34.2 Å². The van der Waals surface area contributed by atoms with Gasteiger partial charge < -0.3 is 14.8 Å². The van der Waals surface area contributed by atoms with Crippen molar-refractivity contribution in [3.63, 3.8) is 0 Å². The molecule has 2 saturated heterocycles. The van der Waals surface area contributed by atoms with Crippen molar-refractivity contribution < 1.29 is 9.59 Å². The van der Waals surface area contributed by atoms with E-state index in [-0.39, 0.29) is 23.4 Å². The van der Waals surface area contributed by atoms with Crippen molar-refractivity contribution in [3.8, 4) is 0 Å². The van der Waals surface area contributed by atoms with Crippen LogP contribution in [-0.2, 0) is 4.79 Å². The van der Waals surface area contributed by atoms with E-state index >= 15 is 0 Å². The first-order valence-corrected chi connectivity index (χ1v) is 9.24. The Morgan fingerprint density at radius 3 is 2.76 bits per heavy atom. The van der Waals surface area contributed by atoms with Gasteiger partial charge in [0.25, 0.3) is 5.91 Å². The molecule has 1 N–H and O–H groups in total. The van der Waals surface area contributed by atoms with Gasteiger partial charge in [-0.2, -0.15) is 0 Å². The van der Waals surface area contributed by atoms with Crippen LogP contribution < -0.4 is 5.56 Å². The van der Waals surface area contributed by atoms with E-state index in [4.69, 9.17) is 0 Å². The maximum absolute atomic E-state index is 12.6. The topological polar surface area (TPSA) is 73.5 Å². The second-order valence-corrected chi connectivity index (χ2v) is 7.62. The number of hydrogen-bond donors (Lipinski definition) is 1. The van der Waals surface area contributed by atoms with Crippen LogP contribution in [0.3, 0.4) is 0 Å². The summed E-state index contributed by atoms with van der Waals surface area (Å²) >= 11 is 0. The van der Waals surface area contributed by atoms with E-state index in [1.807, 2.05) is 4.90 Å². The number of hydrogen-bond acceptors (Lipinski definition) is 3. The molecule has 25 heavy (non-hydrogen) atoms. The van der Waals surface area contributed by atoms with Crippen LogP contribution in [0, 0.1) is 11.8 Å². The summed E-state index contributed by atoms with van der Waals surface area (Å²) in [7, 11) is 0. The maximum Gasteiger partial charge on any atom is 0.270 e. The van der Waals surface area contributed by atoms with E-state index in [2.05, 4.69) is 18.8 Å². The monoisotopic (exact) mass is 345 g/mol. The summed E-state index contributed by atoms with van der Waals surface area (Å²) in [5.74, 6) is 0.816. The van der Waals surface area contributed by atoms with Gasteiger partial charge in [0, 0.05) is 38.2 Å². The molecule has 6 heteroatoms. The Balaban J connectivity index is 1.65. The fraction of sp³-hybridized carbons (Fsp3) is 0.632. The van der Waals surface area contributed by atoms with Crippen LogP contribution >= 0.6 is 0 Å². The molecule has 2 aliphatic heterocycles. The highest BCUT2D eigenvalue weighted by atomic mass is 16.2. The number of H-pyrrole nitrogens is 1. The quantitative estimate of drug-likeness (QED) is 0.905. The number of nitrogens with one attached hydrogen (secondary N) is 1. The molecule has 1 aromatic heterocycles. The fourth-order valence-electron chi connectivity index (χ4n) is 4.09. The molecule has 6 nitrogen and oxygen atoms in total. The highest BCUT2D eigenvalue weighted by Crippen LogP contribution is 2.31. The Labute approximate surface area is 148 Å². The van der Waals surface area contributed by atoms with Gasteiger partial charge in [-0.1, -0.05) is 19.9 Å². The smallest absolute Gasteiger partial charge is 0.270 e. The summed E-state index contributed by atoms with van der Waals surface area (Å²) in [5.41, 5.74) is 0.0789. The van der Waals surface area contributed by atoms with Crippen LogP contribution in [0.4, 0.5) is 0 Å². The molecule has 0 aromatic carbocycles. The molecule has 1 aromatic rings. The van der Waals surface area contributed by atoms with Gasteiger partial charge in [0.15, 0.2) is 0 Å². The van der Waals surface area contributed by atoms with Gasteiger partial charge in [0.05, 0.1) is 0 Å². The van der Waals surface area contributed by atoms with Crippen molar-refractivity contribution in [2.75, 3.05) is 19.6 Å². The molecule has 0 bridgehead atoms. The van der Waals surface area contributed by atoms with Crippen molar-refractivity contribution in [2.24, 2.45) is 11.8 Å². The summed E-state index contributed by atoms with van der Waals surface area (Å²) < 4.78 is 0. The second kappa shape index (κ2) is 7.42. The standard InChI is InChI=1S/C19H27N3O3/c1-13(2)11-18(24)22-9-4-6-16(22)14-8-10-21(12-14)19(25)15-5-3-7-17(23)20-15/h3,5,7,13-14,16H,4,6,8-12H2,1-2H3,(H,20,23). The summed E-state index contributed by atoms with van der Waals surface area (Å²) in [5, 5.41) is 0. The number of pyridine rings is 1. The number of carbonyl (C=O) groups excluding carboxylic acids is 2. The first-order chi connectivity index (χ1) is 12.0. The van der Waals surface area contributed by atoms with Crippen LogP contribution in [0.15, 0.2) is 23.0 Å². The van der Waals surface area contributed by atoms with E-state index in [9.17, 15) is 14.4 Å². The third-order valence-electron chi connectivity index (χ3n) is 5.26. The molecule has 2 unspecified atom stereocenters. The molecule has 3 rings (SSSR count). The largest absolute Gasteiger partial charge is 0.339 e. The van der Waals surface area contributed by atoms with E-state index in [0.29, 0.717) is 37.0 Å². The summed E-state index contributed by atoms with van der Waals surface area (Å²) in [6.07, 6.45) is 3.58. The normalized spacial score (nSPS) is 23.5. The molecule has 0 saturated carbocycles. The minimum atomic E-state index is -0.261. The summed E-state index contributed by atoms with van der Waals surface area (Å²) in [6, 6.07) is 4.90. The maximum atomic E-state index is 12.6. The van der Waals surface area contributed by atoms with Crippen LogP contribution in [-0.4, -0.2) is 52.3 Å². The molecule has 2 atom stereocenters.